The van der Waals surface area contributed by atoms with E-state index in [-0.39, 0.29) is 5.41 Å². The first-order valence-electron chi connectivity index (χ1n) is 4.96. The zero-order valence-electron chi connectivity index (χ0n) is 9.45. The lowest BCUT2D eigenvalue weighted by Crippen LogP contribution is -2.29. The molecule has 0 aromatic rings. The summed E-state index contributed by atoms with van der Waals surface area (Å²) < 4.78 is 0. The number of hydrogen-bond acceptors (Lipinski definition) is 3. The second kappa shape index (κ2) is 6.35. The summed E-state index contributed by atoms with van der Waals surface area (Å²) in [5.41, 5.74) is 0.826. The Kier molecular flexibility index (Phi) is 5.84. The van der Waals surface area contributed by atoms with E-state index in [0.717, 1.165) is 25.0 Å². The normalized spacial score (nSPS) is 16.9. The van der Waals surface area contributed by atoms with Crippen molar-refractivity contribution in [3.8, 4) is 0 Å². The fraction of sp³-hybridized carbons (Fsp3) is 0.636. The summed E-state index contributed by atoms with van der Waals surface area (Å²) in [4.78, 5) is 3.97. The van der Waals surface area contributed by atoms with Crippen molar-refractivity contribution in [3.05, 3.63) is 12.7 Å². The van der Waals surface area contributed by atoms with Gasteiger partial charge >= 0.3 is 0 Å². The van der Waals surface area contributed by atoms with E-state index in [2.05, 4.69) is 30.5 Å². The first-order valence-corrected chi connectivity index (χ1v) is 4.96. The van der Waals surface area contributed by atoms with Crippen molar-refractivity contribution in [3.63, 3.8) is 0 Å². The molecule has 0 fully saturated rings. The molecule has 3 heteroatoms. The molecule has 2 N–H and O–H groups in total. The van der Waals surface area contributed by atoms with Crippen molar-refractivity contribution in [1.82, 2.24) is 0 Å². The summed E-state index contributed by atoms with van der Waals surface area (Å²) in [6.07, 6.45) is 6.66. The van der Waals surface area contributed by atoms with Gasteiger partial charge in [-0.25, -0.2) is 0 Å². The average Bonchev–Trinajstić information content (AvgIpc) is 2.14. The van der Waals surface area contributed by atoms with E-state index in [4.69, 9.17) is 5.84 Å². The highest BCUT2D eigenvalue weighted by Gasteiger charge is 2.27. The molecule has 1 atom stereocenters. The topological polar surface area (TPSA) is 50.7 Å². The van der Waals surface area contributed by atoms with Gasteiger partial charge in [0.2, 0.25) is 0 Å². The van der Waals surface area contributed by atoms with Gasteiger partial charge in [0.1, 0.15) is 0 Å². The zero-order chi connectivity index (χ0) is 11.0. The van der Waals surface area contributed by atoms with Crippen LogP contribution in [-0.2, 0) is 0 Å². The third-order valence-corrected chi connectivity index (χ3v) is 2.41. The van der Waals surface area contributed by atoms with Gasteiger partial charge in [0.15, 0.2) is 0 Å². The number of aliphatic imine (C=N–C) groups is 1. The summed E-state index contributed by atoms with van der Waals surface area (Å²) in [5, 5.41) is 3.81. The van der Waals surface area contributed by atoms with E-state index in [1.54, 1.807) is 13.3 Å². The number of nitrogens with zero attached hydrogens (tertiary/aromatic N) is 2. The number of hydrogen-bond donors (Lipinski definition) is 1. The molecule has 80 valence electrons. The van der Waals surface area contributed by atoms with E-state index < -0.39 is 0 Å². The van der Waals surface area contributed by atoms with Crippen LogP contribution in [0.2, 0.25) is 0 Å². The van der Waals surface area contributed by atoms with Crippen LogP contribution in [-0.4, -0.2) is 19.0 Å². The van der Waals surface area contributed by atoms with E-state index in [1.165, 1.54) is 0 Å². The Balaban J connectivity index is 4.84. The fourth-order valence-electron chi connectivity index (χ4n) is 1.67. The minimum absolute atomic E-state index is 0.0231. The molecule has 0 aliphatic carbocycles. The maximum absolute atomic E-state index is 5.37. The number of hydrazone groups is 1. The number of rotatable bonds is 6. The van der Waals surface area contributed by atoms with E-state index >= 15 is 0 Å². The molecule has 0 aliphatic heterocycles. The highest BCUT2D eigenvalue weighted by Crippen LogP contribution is 2.29. The number of nitrogens with two attached hydrogens (primary N) is 1. The summed E-state index contributed by atoms with van der Waals surface area (Å²) in [5.74, 6) is 5.37. The third-order valence-electron chi connectivity index (χ3n) is 2.41. The number of allylic oxidation sites excluding steroid dienone is 1. The van der Waals surface area contributed by atoms with Crippen LogP contribution in [0, 0.1) is 5.41 Å². The largest absolute Gasteiger partial charge is 0.323 e. The molecule has 0 bridgehead atoms. The summed E-state index contributed by atoms with van der Waals surface area (Å²) in [6.45, 7) is 8.06. The Hall–Kier alpha value is -1.12. The Morgan fingerprint density at radius 1 is 1.57 bits per heavy atom. The smallest absolute Gasteiger partial charge is 0.0840 e. The Bertz CT molecular complexity index is 231. The molecule has 0 saturated carbocycles. The maximum atomic E-state index is 5.37. The molecule has 0 spiro atoms. The molecule has 1 unspecified atom stereocenters. The highest BCUT2D eigenvalue weighted by molar-refractivity contribution is 6.32. The van der Waals surface area contributed by atoms with E-state index in [1.807, 2.05) is 6.08 Å². The molecule has 3 nitrogen and oxygen atoms in total. The molecule has 0 rings (SSSR count). The van der Waals surface area contributed by atoms with Gasteiger partial charge < -0.3 is 5.84 Å². The molecule has 0 aliphatic rings. The lowest BCUT2D eigenvalue weighted by molar-refractivity contribution is 0.431. The van der Waals surface area contributed by atoms with Crippen molar-refractivity contribution in [2.45, 2.75) is 33.1 Å². The second-order valence-corrected chi connectivity index (χ2v) is 3.71. The van der Waals surface area contributed by atoms with Crippen LogP contribution in [0.15, 0.2) is 22.7 Å². The quantitative estimate of drug-likeness (QED) is 0.301. The molecule has 0 radical (unpaired) electrons. The molecule has 0 heterocycles. The third kappa shape index (κ3) is 3.32. The summed E-state index contributed by atoms with van der Waals surface area (Å²) >= 11 is 0. The van der Waals surface area contributed by atoms with Crippen LogP contribution in [0.4, 0.5) is 0 Å². The summed E-state index contributed by atoms with van der Waals surface area (Å²) in [7, 11) is 1.73. The highest BCUT2D eigenvalue weighted by atomic mass is 15.1. The van der Waals surface area contributed by atoms with Gasteiger partial charge in [-0.1, -0.05) is 26.3 Å². The van der Waals surface area contributed by atoms with Crippen molar-refractivity contribution < 1.29 is 0 Å². The molecule has 0 saturated heterocycles. The average molecular weight is 195 g/mol. The van der Waals surface area contributed by atoms with Gasteiger partial charge in [-0.15, -0.1) is 6.58 Å². The van der Waals surface area contributed by atoms with Crippen molar-refractivity contribution in [1.29, 1.82) is 0 Å². The maximum Gasteiger partial charge on any atom is 0.0840 e. The molecule has 0 amide bonds. The molecule has 0 aromatic heterocycles. The van der Waals surface area contributed by atoms with Gasteiger partial charge in [0.05, 0.1) is 5.71 Å². The second-order valence-electron chi connectivity index (χ2n) is 3.71. The van der Waals surface area contributed by atoms with Crippen LogP contribution in [0.5, 0.6) is 0 Å². The minimum Gasteiger partial charge on any atom is -0.323 e. The van der Waals surface area contributed by atoms with Crippen LogP contribution >= 0.6 is 0 Å². The van der Waals surface area contributed by atoms with Crippen LogP contribution in [0.25, 0.3) is 0 Å². The van der Waals surface area contributed by atoms with Crippen LogP contribution < -0.4 is 5.84 Å². The van der Waals surface area contributed by atoms with E-state index in [0.29, 0.717) is 0 Å². The van der Waals surface area contributed by atoms with Gasteiger partial charge in [-0.2, -0.15) is 5.10 Å². The van der Waals surface area contributed by atoms with E-state index in [9.17, 15) is 0 Å². The molecule has 14 heavy (non-hydrogen) atoms. The standard InChI is InChI=1S/C11H21N3/c1-5-7-11(3,8-6-2)10(14-12)9-13-4/h5,9H,1,6-8,12H2,2-4H3/b13-9?,14-10+. The lowest BCUT2D eigenvalue weighted by Gasteiger charge is -2.27. The first kappa shape index (κ1) is 12.9. The zero-order valence-corrected chi connectivity index (χ0v) is 9.45. The van der Waals surface area contributed by atoms with Crippen LogP contribution in [0.3, 0.4) is 0 Å². The minimum atomic E-state index is -0.0231. The molecular weight excluding hydrogens is 174 g/mol. The SMILES string of the molecule is C=CCC(C)(CCC)/C(C=NC)=N/N. The lowest BCUT2D eigenvalue weighted by atomic mass is 9.78. The molecular formula is C11H21N3. The first-order chi connectivity index (χ1) is 6.64. The Morgan fingerprint density at radius 2 is 2.21 bits per heavy atom. The van der Waals surface area contributed by atoms with Gasteiger partial charge in [0.25, 0.3) is 0 Å². The van der Waals surface area contributed by atoms with Crippen LogP contribution in [0.1, 0.15) is 33.1 Å². The van der Waals surface area contributed by atoms with Crippen molar-refractivity contribution in [2.75, 3.05) is 7.05 Å². The van der Waals surface area contributed by atoms with Gasteiger partial charge in [-0.05, 0) is 12.8 Å². The monoisotopic (exact) mass is 195 g/mol. The fourth-order valence-corrected chi connectivity index (χ4v) is 1.67. The molecule has 0 aromatic carbocycles. The predicted octanol–water partition coefficient (Wildman–Crippen LogP) is 2.38. The van der Waals surface area contributed by atoms with Gasteiger partial charge in [-0.3, -0.25) is 4.99 Å². The predicted molar refractivity (Wildman–Crippen MR) is 63.9 cm³/mol. The Labute approximate surface area is 86.8 Å². The Morgan fingerprint density at radius 3 is 2.57 bits per heavy atom. The van der Waals surface area contributed by atoms with Crippen molar-refractivity contribution >= 4 is 11.9 Å². The van der Waals surface area contributed by atoms with Crippen molar-refractivity contribution in [2.24, 2.45) is 21.4 Å². The van der Waals surface area contributed by atoms with Gasteiger partial charge in [0, 0.05) is 18.7 Å². The summed E-state index contributed by atoms with van der Waals surface area (Å²) in [6, 6.07) is 0.